The van der Waals surface area contributed by atoms with Gasteiger partial charge in [-0.3, -0.25) is 9.89 Å². The zero-order chi connectivity index (χ0) is 14.0. The zero-order valence-corrected chi connectivity index (χ0v) is 12.2. The van der Waals surface area contributed by atoms with Gasteiger partial charge in [0.2, 0.25) is 5.91 Å². The van der Waals surface area contributed by atoms with Gasteiger partial charge in [0.15, 0.2) is 0 Å². The summed E-state index contributed by atoms with van der Waals surface area (Å²) in [7, 11) is 1.72. The minimum atomic E-state index is 0.157. The minimum absolute atomic E-state index is 0.157. The highest BCUT2D eigenvalue weighted by Gasteiger charge is 2.29. The second-order valence-corrected chi connectivity index (χ2v) is 5.47. The second-order valence-electron chi connectivity index (χ2n) is 5.47. The highest BCUT2D eigenvalue weighted by Crippen LogP contribution is 2.21. The number of nitrogens with one attached hydrogen (secondary N) is 1. The molecule has 0 aliphatic carbocycles. The number of likely N-dealkylation sites (tertiary alicyclic amines) is 1. The van der Waals surface area contributed by atoms with E-state index in [2.05, 4.69) is 17.1 Å². The van der Waals surface area contributed by atoms with Crippen LogP contribution in [-0.2, 0) is 16.0 Å². The van der Waals surface area contributed by atoms with Crippen LogP contribution in [-0.4, -0.2) is 47.3 Å². The number of aryl methyl sites for hydroxylation is 2. The van der Waals surface area contributed by atoms with Crippen LogP contribution in [0, 0.1) is 19.8 Å². The SMILES string of the molecule is COC1CN(C(=O)Cc2c(C)n[nH]c2C)CCC1C. The molecule has 1 saturated heterocycles. The van der Waals surface area contributed by atoms with Crippen LogP contribution in [0.15, 0.2) is 0 Å². The Morgan fingerprint density at radius 3 is 2.84 bits per heavy atom. The fourth-order valence-corrected chi connectivity index (χ4v) is 2.66. The Labute approximate surface area is 114 Å². The standard InChI is InChI=1S/C14H23N3O2/c1-9-5-6-17(8-13(9)19-4)14(18)7-12-10(2)15-16-11(12)3/h9,13H,5-8H2,1-4H3,(H,15,16). The maximum Gasteiger partial charge on any atom is 0.227 e. The molecular formula is C14H23N3O2. The monoisotopic (exact) mass is 265 g/mol. The molecule has 1 fully saturated rings. The van der Waals surface area contributed by atoms with E-state index in [1.165, 1.54) is 0 Å². The summed E-state index contributed by atoms with van der Waals surface area (Å²) in [6, 6.07) is 0. The van der Waals surface area contributed by atoms with Crippen molar-refractivity contribution in [3.05, 3.63) is 17.0 Å². The Morgan fingerprint density at radius 2 is 2.26 bits per heavy atom. The molecule has 2 rings (SSSR count). The molecule has 2 unspecified atom stereocenters. The number of amides is 1. The lowest BCUT2D eigenvalue weighted by Gasteiger charge is -2.36. The summed E-state index contributed by atoms with van der Waals surface area (Å²) in [4.78, 5) is 14.3. The molecule has 2 atom stereocenters. The van der Waals surface area contributed by atoms with E-state index in [-0.39, 0.29) is 12.0 Å². The first kappa shape index (κ1) is 14.1. The van der Waals surface area contributed by atoms with E-state index in [1.807, 2.05) is 18.7 Å². The molecule has 0 bridgehead atoms. The molecule has 1 aliphatic rings. The number of methoxy groups -OCH3 is 1. The molecule has 1 aliphatic heterocycles. The molecular weight excluding hydrogens is 242 g/mol. The molecule has 1 aromatic heterocycles. The van der Waals surface area contributed by atoms with Crippen LogP contribution in [0.25, 0.3) is 0 Å². The van der Waals surface area contributed by atoms with Crippen molar-refractivity contribution in [3.63, 3.8) is 0 Å². The Bertz CT molecular complexity index is 436. The van der Waals surface area contributed by atoms with Gasteiger partial charge < -0.3 is 9.64 Å². The summed E-state index contributed by atoms with van der Waals surface area (Å²) in [6.07, 6.45) is 1.59. The van der Waals surface area contributed by atoms with Crippen molar-refractivity contribution in [2.75, 3.05) is 20.2 Å². The number of ether oxygens (including phenoxy) is 1. The molecule has 0 saturated carbocycles. The highest BCUT2D eigenvalue weighted by molar-refractivity contribution is 5.79. The first-order chi connectivity index (χ1) is 9.02. The predicted octanol–water partition coefficient (Wildman–Crippen LogP) is 1.45. The summed E-state index contributed by atoms with van der Waals surface area (Å²) >= 11 is 0. The number of H-pyrrole nitrogens is 1. The Kier molecular flexibility index (Phi) is 4.24. The quantitative estimate of drug-likeness (QED) is 0.900. The molecule has 1 amide bonds. The van der Waals surface area contributed by atoms with Gasteiger partial charge in [-0.15, -0.1) is 0 Å². The number of rotatable bonds is 3. The number of nitrogens with zero attached hydrogens (tertiary/aromatic N) is 2. The van der Waals surface area contributed by atoms with Crippen LogP contribution in [0.2, 0.25) is 0 Å². The number of carbonyl (C=O) groups excluding carboxylic acids is 1. The maximum atomic E-state index is 12.4. The molecule has 1 N–H and O–H groups in total. The highest BCUT2D eigenvalue weighted by atomic mass is 16.5. The minimum Gasteiger partial charge on any atom is -0.379 e. The summed E-state index contributed by atoms with van der Waals surface area (Å²) in [6.45, 7) is 7.60. The van der Waals surface area contributed by atoms with Gasteiger partial charge in [-0.25, -0.2) is 0 Å². The van der Waals surface area contributed by atoms with E-state index in [0.717, 1.165) is 29.9 Å². The molecule has 0 spiro atoms. The lowest BCUT2D eigenvalue weighted by Crippen LogP contribution is -2.47. The molecule has 19 heavy (non-hydrogen) atoms. The molecule has 106 valence electrons. The van der Waals surface area contributed by atoms with E-state index >= 15 is 0 Å². The van der Waals surface area contributed by atoms with Crippen LogP contribution >= 0.6 is 0 Å². The summed E-state index contributed by atoms with van der Waals surface area (Å²) < 4.78 is 5.45. The van der Waals surface area contributed by atoms with Gasteiger partial charge in [0, 0.05) is 31.5 Å². The number of hydrogen-bond acceptors (Lipinski definition) is 3. The number of piperidine rings is 1. The van der Waals surface area contributed by atoms with E-state index in [1.54, 1.807) is 7.11 Å². The number of hydrogen-bond donors (Lipinski definition) is 1. The summed E-state index contributed by atoms with van der Waals surface area (Å²) in [5.41, 5.74) is 2.93. The van der Waals surface area contributed by atoms with Crippen molar-refractivity contribution >= 4 is 5.91 Å². The van der Waals surface area contributed by atoms with Gasteiger partial charge in [-0.05, 0) is 26.2 Å². The Morgan fingerprint density at radius 1 is 1.53 bits per heavy atom. The van der Waals surface area contributed by atoms with Crippen molar-refractivity contribution in [2.24, 2.45) is 5.92 Å². The lowest BCUT2D eigenvalue weighted by atomic mass is 9.95. The van der Waals surface area contributed by atoms with E-state index in [0.29, 0.717) is 18.9 Å². The average molecular weight is 265 g/mol. The van der Waals surface area contributed by atoms with E-state index in [9.17, 15) is 4.79 Å². The molecule has 5 heteroatoms. The average Bonchev–Trinajstić information content (AvgIpc) is 2.71. The zero-order valence-electron chi connectivity index (χ0n) is 12.2. The van der Waals surface area contributed by atoms with Crippen molar-refractivity contribution in [2.45, 2.75) is 39.7 Å². The third-order valence-electron chi connectivity index (χ3n) is 4.15. The van der Waals surface area contributed by atoms with Gasteiger partial charge >= 0.3 is 0 Å². The third kappa shape index (κ3) is 2.97. The number of aromatic nitrogens is 2. The predicted molar refractivity (Wildman–Crippen MR) is 72.9 cm³/mol. The lowest BCUT2D eigenvalue weighted by molar-refractivity contribution is -0.135. The van der Waals surface area contributed by atoms with Crippen LogP contribution < -0.4 is 0 Å². The van der Waals surface area contributed by atoms with Crippen LogP contribution in [0.4, 0.5) is 0 Å². The normalized spacial score (nSPS) is 23.7. The fourth-order valence-electron chi connectivity index (χ4n) is 2.66. The molecule has 0 aromatic carbocycles. The Balaban J connectivity index is 2.01. The molecule has 0 radical (unpaired) electrons. The number of aromatic amines is 1. The van der Waals surface area contributed by atoms with Gasteiger partial charge in [-0.2, -0.15) is 5.10 Å². The van der Waals surface area contributed by atoms with Crippen molar-refractivity contribution in [3.8, 4) is 0 Å². The fraction of sp³-hybridized carbons (Fsp3) is 0.714. The molecule has 1 aromatic rings. The van der Waals surface area contributed by atoms with Crippen LogP contribution in [0.3, 0.4) is 0 Å². The maximum absolute atomic E-state index is 12.4. The Hall–Kier alpha value is -1.36. The molecule has 2 heterocycles. The van der Waals surface area contributed by atoms with Gasteiger partial charge in [0.1, 0.15) is 0 Å². The van der Waals surface area contributed by atoms with Crippen LogP contribution in [0.5, 0.6) is 0 Å². The van der Waals surface area contributed by atoms with Gasteiger partial charge in [0.25, 0.3) is 0 Å². The molecule has 5 nitrogen and oxygen atoms in total. The summed E-state index contributed by atoms with van der Waals surface area (Å²) in [5, 5.41) is 7.06. The van der Waals surface area contributed by atoms with Gasteiger partial charge in [0.05, 0.1) is 18.2 Å². The first-order valence-corrected chi connectivity index (χ1v) is 6.84. The smallest absolute Gasteiger partial charge is 0.227 e. The summed E-state index contributed by atoms with van der Waals surface area (Å²) in [5.74, 6) is 0.688. The van der Waals surface area contributed by atoms with Crippen molar-refractivity contribution in [1.29, 1.82) is 0 Å². The van der Waals surface area contributed by atoms with Crippen molar-refractivity contribution in [1.82, 2.24) is 15.1 Å². The van der Waals surface area contributed by atoms with Gasteiger partial charge in [-0.1, -0.05) is 6.92 Å². The first-order valence-electron chi connectivity index (χ1n) is 6.84. The third-order valence-corrected chi connectivity index (χ3v) is 4.15. The number of carbonyl (C=O) groups is 1. The van der Waals surface area contributed by atoms with Crippen molar-refractivity contribution < 1.29 is 9.53 Å². The second kappa shape index (κ2) is 5.74. The van der Waals surface area contributed by atoms with Crippen LogP contribution in [0.1, 0.15) is 30.3 Å². The van der Waals surface area contributed by atoms with E-state index in [4.69, 9.17) is 4.74 Å². The topological polar surface area (TPSA) is 58.2 Å². The van der Waals surface area contributed by atoms with E-state index < -0.39 is 0 Å². The largest absolute Gasteiger partial charge is 0.379 e.